The molecule has 1 saturated carbocycles. The van der Waals surface area contributed by atoms with E-state index in [1.165, 1.54) is 0 Å². The number of benzene rings is 1. The Morgan fingerprint density at radius 2 is 2.08 bits per heavy atom. The first-order chi connectivity index (χ1) is 11.6. The molecule has 0 atom stereocenters. The second-order valence-corrected chi connectivity index (χ2v) is 7.19. The smallest absolute Gasteiger partial charge is 0.277 e. The lowest BCUT2D eigenvalue weighted by Gasteiger charge is -2.12. The summed E-state index contributed by atoms with van der Waals surface area (Å²) < 4.78 is 39.7. The Hall–Kier alpha value is -1.97. The third-order valence-electron chi connectivity index (χ3n) is 3.87. The summed E-state index contributed by atoms with van der Waals surface area (Å²) in [5.74, 6) is 1.19. The molecule has 2 N–H and O–H groups in total. The summed E-state index contributed by atoms with van der Waals surface area (Å²) in [7, 11) is -2.00. The highest BCUT2D eigenvalue weighted by molar-refractivity contribution is 7.87. The molecule has 1 aromatic carbocycles. The molecule has 0 bridgehead atoms. The fraction of sp³-hybridized carbons (Fsp3) is 0.467. The van der Waals surface area contributed by atoms with Crippen LogP contribution < -0.4 is 14.2 Å². The number of ether oxygens (including phenoxy) is 1. The zero-order valence-corrected chi connectivity index (χ0v) is 14.2. The maximum absolute atomic E-state index is 12.0. The fourth-order valence-electron chi connectivity index (χ4n) is 2.66. The molecule has 1 fully saturated rings. The highest BCUT2D eigenvalue weighted by Gasteiger charge is 2.21. The number of hydrogen-bond acceptors (Lipinski definition) is 6. The van der Waals surface area contributed by atoms with Crippen molar-refractivity contribution >= 4 is 10.2 Å². The summed E-state index contributed by atoms with van der Waals surface area (Å²) in [6.45, 7) is -0.0565. The molecule has 1 aliphatic carbocycles. The van der Waals surface area contributed by atoms with Crippen LogP contribution in [0.3, 0.4) is 0 Å². The lowest BCUT2D eigenvalue weighted by atomic mass is 10.2. The number of hydrogen-bond donors (Lipinski definition) is 2. The van der Waals surface area contributed by atoms with Crippen LogP contribution in [0.2, 0.25) is 0 Å². The molecule has 1 heterocycles. The minimum atomic E-state index is -3.58. The Balaban J connectivity index is 1.61. The van der Waals surface area contributed by atoms with E-state index in [4.69, 9.17) is 9.15 Å². The van der Waals surface area contributed by atoms with Crippen molar-refractivity contribution in [1.29, 1.82) is 0 Å². The fourth-order valence-corrected chi connectivity index (χ4v) is 3.73. The predicted octanol–water partition coefficient (Wildman–Crippen LogP) is 1.61. The summed E-state index contributed by atoms with van der Waals surface area (Å²) in [5.41, 5.74) is 0.708. The first-order valence-electron chi connectivity index (χ1n) is 7.79. The lowest BCUT2D eigenvalue weighted by molar-refractivity contribution is 0.414. The molecule has 130 valence electrons. The van der Waals surface area contributed by atoms with Crippen LogP contribution in [-0.2, 0) is 16.8 Å². The second-order valence-electron chi connectivity index (χ2n) is 5.66. The van der Waals surface area contributed by atoms with E-state index in [1.54, 1.807) is 13.2 Å². The molecule has 24 heavy (non-hydrogen) atoms. The quantitative estimate of drug-likeness (QED) is 0.784. The molecule has 0 aliphatic heterocycles. The van der Waals surface area contributed by atoms with Gasteiger partial charge in [-0.3, -0.25) is 0 Å². The van der Waals surface area contributed by atoms with Crippen molar-refractivity contribution in [3.05, 3.63) is 30.2 Å². The van der Waals surface area contributed by atoms with Gasteiger partial charge in [0.2, 0.25) is 11.8 Å². The average molecular weight is 352 g/mol. The third kappa shape index (κ3) is 4.31. The van der Waals surface area contributed by atoms with E-state index in [0.29, 0.717) is 17.2 Å². The molecule has 0 spiro atoms. The van der Waals surface area contributed by atoms with Gasteiger partial charge in [0.25, 0.3) is 10.2 Å². The first-order valence-corrected chi connectivity index (χ1v) is 9.28. The van der Waals surface area contributed by atoms with Gasteiger partial charge in [-0.2, -0.15) is 17.9 Å². The standard InChI is InChI=1S/C15H20N4O4S/c1-22-13-8-4-5-11(9-13)15-18-17-14(23-15)10-16-24(20,21)19-12-6-2-3-7-12/h4-5,8-9,12,16,19H,2-3,6-7,10H2,1H3. The summed E-state index contributed by atoms with van der Waals surface area (Å²) in [5, 5.41) is 7.81. The van der Waals surface area contributed by atoms with E-state index in [1.807, 2.05) is 18.2 Å². The van der Waals surface area contributed by atoms with Gasteiger partial charge in [-0.05, 0) is 31.0 Å². The minimum Gasteiger partial charge on any atom is -0.497 e. The van der Waals surface area contributed by atoms with Crippen molar-refractivity contribution in [3.8, 4) is 17.2 Å². The second kappa shape index (κ2) is 7.29. The van der Waals surface area contributed by atoms with Crippen molar-refractivity contribution in [2.75, 3.05) is 7.11 Å². The number of nitrogens with one attached hydrogen (secondary N) is 2. The zero-order valence-electron chi connectivity index (χ0n) is 13.4. The molecule has 3 rings (SSSR count). The van der Waals surface area contributed by atoms with Gasteiger partial charge in [0.05, 0.1) is 13.7 Å². The van der Waals surface area contributed by atoms with Gasteiger partial charge < -0.3 is 9.15 Å². The molecule has 8 nitrogen and oxygen atoms in total. The maximum Gasteiger partial charge on any atom is 0.277 e. The molecule has 1 aromatic heterocycles. The van der Waals surface area contributed by atoms with Gasteiger partial charge in [-0.15, -0.1) is 10.2 Å². The molecule has 0 amide bonds. The number of rotatable bonds is 7. The summed E-state index contributed by atoms with van der Waals surface area (Å²) in [4.78, 5) is 0. The van der Waals surface area contributed by atoms with Gasteiger partial charge in [0.15, 0.2) is 0 Å². The third-order valence-corrected chi connectivity index (χ3v) is 5.04. The van der Waals surface area contributed by atoms with Gasteiger partial charge in [0, 0.05) is 11.6 Å². The summed E-state index contributed by atoms with van der Waals surface area (Å²) in [6.07, 6.45) is 3.87. The van der Waals surface area contributed by atoms with E-state index >= 15 is 0 Å². The maximum atomic E-state index is 12.0. The van der Waals surface area contributed by atoms with E-state index in [-0.39, 0.29) is 18.5 Å². The molecule has 1 aliphatic rings. The predicted molar refractivity (Wildman–Crippen MR) is 87.4 cm³/mol. The van der Waals surface area contributed by atoms with E-state index in [2.05, 4.69) is 19.6 Å². The largest absolute Gasteiger partial charge is 0.497 e. The topological polar surface area (TPSA) is 106 Å². The van der Waals surface area contributed by atoms with Gasteiger partial charge >= 0.3 is 0 Å². The summed E-state index contributed by atoms with van der Waals surface area (Å²) in [6, 6.07) is 7.21. The van der Waals surface area contributed by atoms with Crippen LogP contribution in [-0.4, -0.2) is 31.8 Å². The SMILES string of the molecule is COc1cccc(-c2nnc(CNS(=O)(=O)NC3CCCC3)o2)c1. The monoisotopic (exact) mass is 352 g/mol. The van der Waals surface area contributed by atoms with Gasteiger partial charge in [0.1, 0.15) is 5.75 Å². The average Bonchev–Trinajstić information content (AvgIpc) is 3.24. The van der Waals surface area contributed by atoms with Crippen LogP contribution >= 0.6 is 0 Å². The summed E-state index contributed by atoms with van der Waals surface area (Å²) >= 11 is 0. The Labute approximate surface area is 140 Å². The van der Waals surface area contributed by atoms with E-state index in [0.717, 1.165) is 25.7 Å². The van der Waals surface area contributed by atoms with Crippen LogP contribution in [0, 0.1) is 0 Å². The number of methoxy groups -OCH3 is 1. The number of aromatic nitrogens is 2. The lowest BCUT2D eigenvalue weighted by Crippen LogP contribution is -2.41. The molecular weight excluding hydrogens is 332 g/mol. The van der Waals surface area contributed by atoms with Gasteiger partial charge in [-0.1, -0.05) is 18.9 Å². The van der Waals surface area contributed by atoms with Crippen molar-refractivity contribution < 1.29 is 17.6 Å². The highest BCUT2D eigenvalue weighted by atomic mass is 32.2. The van der Waals surface area contributed by atoms with Crippen molar-refractivity contribution in [1.82, 2.24) is 19.6 Å². The zero-order chi connectivity index (χ0) is 17.0. The molecular formula is C15H20N4O4S. The molecule has 2 aromatic rings. The van der Waals surface area contributed by atoms with E-state index in [9.17, 15) is 8.42 Å². The van der Waals surface area contributed by atoms with Crippen LogP contribution in [0.25, 0.3) is 11.5 Å². The minimum absolute atomic E-state index is 0.0116. The van der Waals surface area contributed by atoms with Crippen molar-refractivity contribution in [2.45, 2.75) is 38.3 Å². The van der Waals surface area contributed by atoms with Crippen molar-refractivity contribution in [3.63, 3.8) is 0 Å². The Morgan fingerprint density at radius 3 is 2.83 bits per heavy atom. The normalized spacial score (nSPS) is 15.7. The Kier molecular flexibility index (Phi) is 5.12. The van der Waals surface area contributed by atoms with E-state index < -0.39 is 10.2 Å². The molecule has 0 unspecified atom stereocenters. The van der Waals surface area contributed by atoms with Crippen LogP contribution in [0.5, 0.6) is 5.75 Å². The van der Waals surface area contributed by atoms with Crippen LogP contribution in [0.4, 0.5) is 0 Å². The highest BCUT2D eigenvalue weighted by Crippen LogP contribution is 2.22. The number of nitrogens with zero attached hydrogens (tertiary/aromatic N) is 2. The Morgan fingerprint density at radius 1 is 1.29 bits per heavy atom. The van der Waals surface area contributed by atoms with Crippen LogP contribution in [0.15, 0.2) is 28.7 Å². The van der Waals surface area contributed by atoms with Crippen molar-refractivity contribution in [2.24, 2.45) is 0 Å². The van der Waals surface area contributed by atoms with Gasteiger partial charge in [-0.25, -0.2) is 0 Å². The molecule has 0 saturated heterocycles. The Bertz CT molecular complexity index is 784. The first kappa shape index (κ1) is 16.9. The molecule has 0 radical (unpaired) electrons. The van der Waals surface area contributed by atoms with Crippen LogP contribution in [0.1, 0.15) is 31.6 Å². The molecule has 9 heteroatoms.